The number of nitrogens with zero attached hydrogens (tertiary/aromatic N) is 1. The van der Waals surface area contributed by atoms with Crippen LogP contribution in [0.4, 0.5) is 5.69 Å². The van der Waals surface area contributed by atoms with Crippen LogP contribution in [0.15, 0.2) is 54.6 Å². The molecule has 0 bridgehead atoms. The maximum Gasteiger partial charge on any atom is 0.254 e. The molecular weight excluding hydrogens is 386 g/mol. The summed E-state index contributed by atoms with van der Waals surface area (Å²) >= 11 is 0. The topological polar surface area (TPSA) is 75.4 Å². The van der Waals surface area contributed by atoms with Gasteiger partial charge in [0.1, 0.15) is 0 Å². The molecule has 2 aromatic rings. The Hall–Kier alpha value is -2.37. The molecule has 2 amide bonds. The number of carbonyl (C=O) groups excluding carboxylic acids is 2. The molecule has 2 aromatic carbocycles. The Balaban J connectivity index is 0.00000300. The number of amides is 2. The molecule has 1 heterocycles. The van der Waals surface area contributed by atoms with Crippen molar-refractivity contribution >= 4 is 29.9 Å². The summed E-state index contributed by atoms with van der Waals surface area (Å²) in [6.45, 7) is 4.84. The number of anilines is 1. The van der Waals surface area contributed by atoms with Crippen molar-refractivity contribution in [3.8, 4) is 0 Å². The van der Waals surface area contributed by atoms with E-state index in [1.54, 1.807) is 24.3 Å². The maximum absolute atomic E-state index is 13.0. The van der Waals surface area contributed by atoms with Crippen LogP contribution in [-0.4, -0.2) is 29.3 Å². The molecule has 1 fully saturated rings. The van der Waals surface area contributed by atoms with Gasteiger partial charge in [0.05, 0.1) is 12.1 Å². The van der Waals surface area contributed by atoms with E-state index in [-0.39, 0.29) is 30.3 Å². The number of benzene rings is 2. The molecule has 0 aromatic heterocycles. The summed E-state index contributed by atoms with van der Waals surface area (Å²) in [5.74, 6) is 0.191. The first-order valence-electron chi connectivity index (χ1n) is 9.98. The molecule has 29 heavy (non-hydrogen) atoms. The highest BCUT2D eigenvalue weighted by Gasteiger charge is 2.30. The molecule has 0 aliphatic carbocycles. The van der Waals surface area contributed by atoms with E-state index in [9.17, 15) is 9.59 Å². The van der Waals surface area contributed by atoms with Crippen molar-refractivity contribution < 1.29 is 9.59 Å². The molecule has 0 saturated carbocycles. The van der Waals surface area contributed by atoms with Crippen molar-refractivity contribution in [1.29, 1.82) is 0 Å². The number of hydrogen-bond acceptors (Lipinski definition) is 3. The fraction of sp³-hybridized carbons (Fsp3) is 0.391. The van der Waals surface area contributed by atoms with Gasteiger partial charge in [0.2, 0.25) is 5.91 Å². The monoisotopic (exact) mass is 415 g/mol. The zero-order valence-electron chi connectivity index (χ0n) is 17.0. The van der Waals surface area contributed by atoms with E-state index < -0.39 is 6.04 Å². The van der Waals surface area contributed by atoms with Crippen LogP contribution in [0.1, 0.15) is 55.1 Å². The van der Waals surface area contributed by atoms with Crippen LogP contribution >= 0.6 is 12.4 Å². The summed E-state index contributed by atoms with van der Waals surface area (Å²) < 4.78 is 0. The highest BCUT2D eigenvalue weighted by atomic mass is 35.5. The lowest BCUT2D eigenvalue weighted by Crippen LogP contribution is -2.36. The zero-order valence-corrected chi connectivity index (χ0v) is 17.8. The van der Waals surface area contributed by atoms with Crippen molar-refractivity contribution in [3.05, 3.63) is 65.7 Å². The van der Waals surface area contributed by atoms with Gasteiger partial charge in [0.25, 0.3) is 5.91 Å². The number of halogens is 1. The van der Waals surface area contributed by atoms with Gasteiger partial charge < -0.3 is 16.0 Å². The summed E-state index contributed by atoms with van der Waals surface area (Å²) in [5.41, 5.74) is 8.39. The van der Waals surface area contributed by atoms with Gasteiger partial charge in [0, 0.05) is 17.8 Å². The van der Waals surface area contributed by atoms with Crippen LogP contribution in [0, 0.1) is 5.92 Å². The van der Waals surface area contributed by atoms with E-state index in [4.69, 9.17) is 5.73 Å². The molecule has 3 N–H and O–H groups in total. The SMILES string of the molecule is CC(C)C[C@H](N)C(=O)Nc1ccc(C(=O)N2CCCC2c2ccccc2)cc1.Cl. The molecule has 0 spiro atoms. The van der Waals surface area contributed by atoms with Gasteiger partial charge in [0.15, 0.2) is 0 Å². The first-order chi connectivity index (χ1) is 13.5. The van der Waals surface area contributed by atoms with Crippen molar-refractivity contribution in [1.82, 2.24) is 4.90 Å². The van der Waals surface area contributed by atoms with E-state index in [2.05, 4.69) is 17.4 Å². The lowest BCUT2D eigenvalue weighted by molar-refractivity contribution is -0.117. The van der Waals surface area contributed by atoms with E-state index >= 15 is 0 Å². The normalized spacial score (nSPS) is 17.0. The molecule has 156 valence electrons. The van der Waals surface area contributed by atoms with Gasteiger partial charge in [-0.15, -0.1) is 12.4 Å². The van der Waals surface area contributed by atoms with Gasteiger partial charge in [-0.2, -0.15) is 0 Å². The van der Waals surface area contributed by atoms with E-state index in [1.807, 2.05) is 36.9 Å². The number of nitrogens with two attached hydrogens (primary N) is 1. The predicted molar refractivity (Wildman–Crippen MR) is 119 cm³/mol. The number of carbonyl (C=O) groups is 2. The first kappa shape index (κ1) is 22.9. The smallest absolute Gasteiger partial charge is 0.254 e. The standard InChI is InChI=1S/C23H29N3O2.ClH/c1-16(2)15-20(24)22(27)25-19-12-10-18(11-13-19)23(28)26-14-6-9-21(26)17-7-4-3-5-8-17;/h3-5,7-8,10-13,16,20-21H,6,9,14-15,24H2,1-2H3,(H,25,27);1H/t20-,21?;/m0./s1. The molecular formula is C23H30ClN3O2. The minimum atomic E-state index is -0.530. The van der Waals surface area contributed by atoms with Crippen molar-refractivity contribution in [3.63, 3.8) is 0 Å². The van der Waals surface area contributed by atoms with Crippen molar-refractivity contribution in [2.45, 2.75) is 45.2 Å². The molecule has 3 rings (SSSR count). The van der Waals surface area contributed by atoms with Gasteiger partial charge >= 0.3 is 0 Å². The maximum atomic E-state index is 13.0. The van der Waals surface area contributed by atoms with Gasteiger partial charge in [-0.05, 0) is 55.0 Å². The van der Waals surface area contributed by atoms with E-state index in [0.29, 0.717) is 23.6 Å². The largest absolute Gasteiger partial charge is 0.332 e. The van der Waals surface area contributed by atoms with Crippen molar-refractivity contribution in [2.75, 3.05) is 11.9 Å². The number of likely N-dealkylation sites (tertiary alicyclic amines) is 1. The van der Waals surface area contributed by atoms with E-state index in [1.165, 1.54) is 5.56 Å². The predicted octanol–water partition coefficient (Wildman–Crippen LogP) is 4.40. The summed E-state index contributed by atoms with van der Waals surface area (Å²) in [6, 6.07) is 16.8. The van der Waals surface area contributed by atoms with Crippen LogP contribution in [0.2, 0.25) is 0 Å². The Labute approximate surface area is 179 Å². The lowest BCUT2D eigenvalue weighted by Gasteiger charge is -2.25. The van der Waals surface area contributed by atoms with Crippen LogP contribution < -0.4 is 11.1 Å². The molecule has 1 saturated heterocycles. The summed E-state index contributed by atoms with van der Waals surface area (Å²) in [7, 11) is 0. The van der Waals surface area contributed by atoms with Crippen molar-refractivity contribution in [2.24, 2.45) is 11.7 Å². The lowest BCUT2D eigenvalue weighted by atomic mass is 10.0. The Morgan fingerprint density at radius 3 is 2.38 bits per heavy atom. The minimum absolute atomic E-state index is 0. The van der Waals surface area contributed by atoms with E-state index in [0.717, 1.165) is 19.4 Å². The minimum Gasteiger partial charge on any atom is -0.332 e. The molecule has 0 radical (unpaired) electrons. The second kappa shape index (κ2) is 10.4. The average Bonchev–Trinajstić information content (AvgIpc) is 3.18. The zero-order chi connectivity index (χ0) is 20.1. The van der Waals surface area contributed by atoms with Crippen LogP contribution in [0.25, 0.3) is 0 Å². The third-order valence-electron chi connectivity index (χ3n) is 5.16. The fourth-order valence-electron chi connectivity index (χ4n) is 3.74. The molecule has 1 aliphatic rings. The molecule has 6 heteroatoms. The Bertz CT molecular complexity index is 809. The van der Waals surface area contributed by atoms with Gasteiger partial charge in [-0.1, -0.05) is 44.2 Å². The molecule has 2 atom stereocenters. The van der Waals surface area contributed by atoms with Gasteiger partial charge in [-0.25, -0.2) is 0 Å². The summed E-state index contributed by atoms with van der Waals surface area (Å²) in [4.78, 5) is 27.1. The molecule has 1 unspecified atom stereocenters. The van der Waals surface area contributed by atoms with Crippen LogP contribution in [0.5, 0.6) is 0 Å². The summed E-state index contributed by atoms with van der Waals surface area (Å²) in [5, 5.41) is 2.83. The van der Waals surface area contributed by atoms with Crippen LogP contribution in [-0.2, 0) is 4.79 Å². The molecule has 5 nitrogen and oxygen atoms in total. The number of nitrogens with one attached hydrogen (secondary N) is 1. The number of rotatable bonds is 6. The average molecular weight is 416 g/mol. The third-order valence-corrected chi connectivity index (χ3v) is 5.16. The number of hydrogen-bond donors (Lipinski definition) is 2. The van der Waals surface area contributed by atoms with Gasteiger partial charge in [-0.3, -0.25) is 9.59 Å². The quantitative estimate of drug-likeness (QED) is 0.734. The highest BCUT2D eigenvalue weighted by molar-refractivity contribution is 5.97. The highest BCUT2D eigenvalue weighted by Crippen LogP contribution is 2.33. The Kier molecular flexibility index (Phi) is 8.23. The Morgan fingerprint density at radius 2 is 1.76 bits per heavy atom. The fourth-order valence-corrected chi connectivity index (χ4v) is 3.74. The Morgan fingerprint density at radius 1 is 1.10 bits per heavy atom. The molecule has 1 aliphatic heterocycles. The first-order valence-corrected chi connectivity index (χ1v) is 9.98. The second-order valence-corrected chi connectivity index (χ2v) is 7.87. The second-order valence-electron chi connectivity index (χ2n) is 7.87. The summed E-state index contributed by atoms with van der Waals surface area (Å²) in [6.07, 6.45) is 2.63. The third kappa shape index (κ3) is 5.81. The van der Waals surface area contributed by atoms with Crippen LogP contribution in [0.3, 0.4) is 0 Å².